The summed E-state index contributed by atoms with van der Waals surface area (Å²) in [5, 5.41) is 25.9. The predicted octanol–water partition coefficient (Wildman–Crippen LogP) is 7.12. The van der Waals surface area contributed by atoms with E-state index in [1.54, 1.807) is 48.9 Å². The molecule has 0 saturated carbocycles. The standard InChI is InChI=1S/C53H69N7O9/c1-31(2)17-43(59-15-13-33(5)19-46(59)61)51(67)57-42(24-49(65)66)38-21-40(28-55-26-38)58-29-45(69-53(8,9)30-58)36-14-16-60(47(62)22-36)44(18-32(3)4)52(68)56-41(23-48(63)64)37-20-39(27-54-25-37)50-34(6)11-10-12-35(50)7/h10-13,15,19-21,25-28,31-32,36,41-45H,14,16-18,22-24,29-30H2,1-9H3,(H,56,68)(H,57,67)(H,63,64)(H,65,66)/t36?,41-,42+,43-,44?,45?/m1/s1. The van der Waals surface area contributed by atoms with Crippen molar-refractivity contribution in [1.29, 1.82) is 0 Å². The van der Waals surface area contributed by atoms with Gasteiger partial charge in [0.25, 0.3) is 5.56 Å². The molecule has 3 amide bonds. The molecule has 16 nitrogen and oxygen atoms in total. The van der Waals surface area contributed by atoms with Crippen molar-refractivity contribution in [3.05, 3.63) is 112 Å². The Kier molecular flexibility index (Phi) is 16.8. The van der Waals surface area contributed by atoms with Crippen LogP contribution in [0.15, 0.2) is 78.2 Å². The number of carboxylic acid groups (broad SMARTS) is 2. The number of anilines is 1. The molecule has 2 fully saturated rings. The minimum absolute atomic E-state index is 0.0429. The summed E-state index contributed by atoms with van der Waals surface area (Å²) in [5.74, 6) is -3.40. The van der Waals surface area contributed by atoms with E-state index in [0.717, 1.165) is 27.8 Å². The summed E-state index contributed by atoms with van der Waals surface area (Å²) in [4.78, 5) is 92.8. The number of amides is 3. The van der Waals surface area contributed by atoms with Gasteiger partial charge in [0.15, 0.2) is 0 Å². The molecule has 1 aromatic carbocycles. The summed E-state index contributed by atoms with van der Waals surface area (Å²) in [6, 6.07) is 9.37. The van der Waals surface area contributed by atoms with Gasteiger partial charge in [-0.15, -0.1) is 0 Å². The van der Waals surface area contributed by atoms with E-state index in [9.17, 15) is 39.0 Å². The van der Waals surface area contributed by atoms with Crippen molar-refractivity contribution in [2.75, 3.05) is 24.5 Å². The van der Waals surface area contributed by atoms with Crippen molar-refractivity contribution in [3.63, 3.8) is 0 Å². The van der Waals surface area contributed by atoms with Crippen molar-refractivity contribution in [2.24, 2.45) is 17.8 Å². The first kappa shape index (κ1) is 52.0. The second-order valence-electron chi connectivity index (χ2n) is 20.4. The summed E-state index contributed by atoms with van der Waals surface area (Å²) in [5.41, 5.74) is 5.40. The number of aryl methyl sites for hydroxylation is 3. The SMILES string of the molecule is Cc1ccn([C@H](CC(C)C)C(=O)N[C@@H](CC(=O)O)c2cncc(N3CC(C4CCN(C(CC(C)C)C(=O)N[C@H](CC(=O)O)c5cncc(-c6c(C)cccc6C)c5)C(=O)C4)OC(C)(C)C3)c2)c(=O)c1. The lowest BCUT2D eigenvalue weighted by atomic mass is 9.86. The summed E-state index contributed by atoms with van der Waals surface area (Å²) in [6.07, 6.45) is 8.36. The number of nitrogens with zero attached hydrogens (tertiary/aromatic N) is 5. The second kappa shape index (κ2) is 22.3. The van der Waals surface area contributed by atoms with E-state index in [4.69, 9.17) is 4.74 Å². The van der Waals surface area contributed by atoms with E-state index in [-0.39, 0.29) is 42.1 Å². The van der Waals surface area contributed by atoms with Crippen LogP contribution < -0.4 is 21.1 Å². The largest absolute Gasteiger partial charge is 0.481 e. The highest BCUT2D eigenvalue weighted by Gasteiger charge is 2.43. The van der Waals surface area contributed by atoms with Crippen LogP contribution in [0, 0.1) is 38.5 Å². The van der Waals surface area contributed by atoms with Gasteiger partial charge in [0, 0.05) is 62.5 Å². The lowest BCUT2D eigenvalue weighted by Gasteiger charge is -2.48. The molecule has 3 aromatic heterocycles. The van der Waals surface area contributed by atoms with Crippen LogP contribution in [-0.2, 0) is 28.7 Å². The molecule has 0 radical (unpaired) electrons. The monoisotopic (exact) mass is 948 g/mol. The molecule has 0 spiro atoms. The van der Waals surface area contributed by atoms with E-state index in [2.05, 4.69) is 25.5 Å². The van der Waals surface area contributed by atoms with Gasteiger partial charge in [-0.2, -0.15) is 0 Å². The van der Waals surface area contributed by atoms with E-state index in [1.807, 2.05) is 85.7 Å². The van der Waals surface area contributed by atoms with Crippen LogP contribution in [0.2, 0.25) is 0 Å². The Hall–Kier alpha value is -6.42. The Bertz CT molecular complexity index is 2550. The van der Waals surface area contributed by atoms with Crippen molar-refractivity contribution >= 4 is 35.3 Å². The predicted molar refractivity (Wildman–Crippen MR) is 262 cm³/mol. The molecule has 370 valence electrons. The fourth-order valence-corrected chi connectivity index (χ4v) is 9.90. The summed E-state index contributed by atoms with van der Waals surface area (Å²) in [6.45, 7) is 18.8. The number of piperidine rings is 1. The molecular formula is C53H69N7O9. The number of carbonyl (C=O) groups is 5. The van der Waals surface area contributed by atoms with Gasteiger partial charge in [0.05, 0.1) is 48.5 Å². The third kappa shape index (κ3) is 13.4. The Labute approximate surface area is 404 Å². The minimum Gasteiger partial charge on any atom is -0.481 e. The minimum atomic E-state index is -1.12. The van der Waals surface area contributed by atoms with Crippen LogP contribution >= 0.6 is 0 Å². The van der Waals surface area contributed by atoms with Crippen molar-refractivity contribution in [1.82, 2.24) is 30.1 Å². The van der Waals surface area contributed by atoms with Gasteiger partial charge in [0.2, 0.25) is 17.7 Å². The Morgan fingerprint density at radius 1 is 0.797 bits per heavy atom. The number of aromatic nitrogens is 3. The fourth-order valence-electron chi connectivity index (χ4n) is 9.90. The Morgan fingerprint density at radius 3 is 1.96 bits per heavy atom. The molecule has 0 aliphatic carbocycles. The topological polar surface area (TPSA) is 213 Å². The average molecular weight is 948 g/mol. The molecule has 5 heterocycles. The lowest BCUT2D eigenvalue weighted by molar-refractivity contribution is -0.152. The van der Waals surface area contributed by atoms with Gasteiger partial charge in [-0.25, -0.2) is 0 Å². The quantitative estimate of drug-likeness (QED) is 0.0740. The normalized spacial score (nSPS) is 18.9. The van der Waals surface area contributed by atoms with Gasteiger partial charge >= 0.3 is 11.9 Å². The fraction of sp³-hybridized carbons (Fsp3) is 0.509. The highest BCUT2D eigenvalue weighted by Crippen LogP contribution is 2.36. The molecule has 4 aromatic rings. The number of rotatable bonds is 19. The van der Waals surface area contributed by atoms with Crippen molar-refractivity contribution < 1.29 is 38.9 Å². The molecule has 16 heteroatoms. The smallest absolute Gasteiger partial charge is 0.305 e. The molecule has 69 heavy (non-hydrogen) atoms. The van der Waals surface area contributed by atoms with Crippen LogP contribution in [0.1, 0.15) is 126 Å². The van der Waals surface area contributed by atoms with E-state index in [0.29, 0.717) is 55.7 Å². The van der Waals surface area contributed by atoms with E-state index in [1.165, 1.54) is 10.6 Å². The third-order valence-corrected chi connectivity index (χ3v) is 13.1. The zero-order valence-electron chi connectivity index (χ0n) is 41.4. The summed E-state index contributed by atoms with van der Waals surface area (Å²) in [7, 11) is 0. The van der Waals surface area contributed by atoms with Crippen molar-refractivity contribution in [2.45, 2.75) is 137 Å². The molecule has 2 aliphatic heterocycles. The molecule has 6 atom stereocenters. The van der Waals surface area contributed by atoms with Gasteiger partial charge < -0.3 is 40.0 Å². The second-order valence-corrected chi connectivity index (χ2v) is 20.4. The summed E-state index contributed by atoms with van der Waals surface area (Å²) < 4.78 is 8.07. The number of aliphatic carboxylic acids is 2. The molecule has 3 unspecified atom stereocenters. The van der Waals surface area contributed by atoms with Crippen LogP contribution in [-0.4, -0.2) is 96.7 Å². The average Bonchev–Trinajstić information content (AvgIpc) is 3.26. The number of benzene rings is 1. The number of hydrogen-bond acceptors (Lipinski definition) is 10. The van der Waals surface area contributed by atoms with Crippen LogP contribution in [0.4, 0.5) is 5.69 Å². The number of carbonyl (C=O) groups excluding carboxylic acids is 3. The van der Waals surface area contributed by atoms with Gasteiger partial charge in [0.1, 0.15) is 12.1 Å². The molecule has 0 bridgehead atoms. The first-order valence-electron chi connectivity index (χ1n) is 24.0. The maximum absolute atomic E-state index is 14.4. The number of hydrogen-bond donors (Lipinski definition) is 4. The first-order valence-corrected chi connectivity index (χ1v) is 24.0. The van der Waals surface area contributed by atoms with E-state index >= 15 is 0 Å². The van der Waals surface area contributed by atoms with Crippen LogP contribution in [0.25, 0.3) is 11.1 Å². The third-order valence-electron chi connectivity index (χ3n) is 13.1. The van der Waals surface area contributed by atoms with Gasteiger partial charge in [-0.3, -0.25) is 38.7 Å². The molecule has 2 aliphatic rings. The molecule has 6 rings (SSSR count). The highest BCUT2D eigenvalue weighted by atomic mass is 16.5. The molecule has 4 N–H and O–H groups in total. The van der Waals surface area contributed by atoms with Gasteiger partial charge in [-0.05, 0) is 123 Å². The number of likely N-dealkylation sites (tertiary alicyclic amines) is 1. The maximum atomic E-state index is 14.4. The number of ether oxygens (including phenoxy) is 1. The molecule has 2 saturated heterocycles. The maximum Gasteiger partial charge on any atom is 0.305 e. The number of carboxylic acids is 2. The van der Waals surface area contributed by atoms with E-state index < -0.39 is 66.0 Å². The number of pyridine rings is 3. The number of morpholine rings is 1. The zero-order chi connectivity index (χ0) is 50.3. The highest BCUT2D eigenvalue weighted by molar-refractivity contribution is 5.89. The van der Waals surface area contributed by atoms with Crippen LogP contribution in [0.5, 0.6) is 0 Å². The Balaban J connectivity index is 1.18. The first-order chi connectivity index (χ1) is 32.6. The zero-order valence-corrected chi connectivity index (χ0v) is 41.4. The van der Waals surface area contributed by atoms with Crippen molar-refractivity contribution in [3.8, 4) is 11.1 Å². The molecular weight excluding hydrogens is 879 g/mol. The number of nitrogens with one attached hydrogen (secondary N) is 2. The Morgan fingerprint density at radius 2 is 1.38 bits per heavy atom. The van der Waals surface area contributed by atoms with Gasteiger partial charge in [-0.1, -0.05) is 45.9 Å². The lowest BCUT2D eigenvalue weighted by Crippen LogP contribution is -2.58. The van der Waals surface area contributed by atoms with Crippen LogP contribution in [0.3, 0.4) is 0 Å². The summed E-state index contributed by atoms with van der Waals surface area (Å²) >= 11 is 0.